The molecule has 0 saturated heterocycles. The Hall–Kier alpha value is -1.42. The van der Waals surface area contributed by atoms with Gasteiger partial charge in [-0.1, -0.05) is 26.0 Å². The SMILES string of the molecule is CC(C)[C@H](N)C(=O)Nc1ccccc1F. The van der Waals surface area contributed by atoms with Crippen molar-refractivity contribution in [3.05, 3.63) is 30.1 Å². The van der Waals surface area contributed by atoms with Crippen LogP contribution in [0.25, 0.3) is 0 Å². The molecule has 0 aliphatic carbocycles. The van der Waals surface area contributed by atoms with Gasteiger partial charge in [0, 0.05) is 0 Å². The van der Waals surface area contributed by atoms with Crippen molar-refractivity contribution < 1.29 is 9.18 Å². The number of halogens is 1. The van der Waals surface area contributed by atoms with Crippen LogP contribution in [0.3, 0.4) is 0 Å². The molecule has 0 aliphatic rings. The van der Waals surface area contributed by atoms with Crippen LogP contribution in [0, 0.1) is 11.7 Å². The Bertz CT molecular complexity index is 352. The summed E-state index contributed by atoms with van der Waals surface area (Å²) in [6, 6.07) is 5.38. The van der Waals surface area contributed by atoms with Gasteiger partial charge in [0.25, 0.3) is 0 Å². The van der Waals surface area contributed by atoms with E-state index >= 15 is 0 Å². The van der Waals surface area contributed by atoms with Crippen molar-refractivity contribution in [2.45, 2.75) is 19.9 Å². The fourth-order valence-corrected chi connectivity index (χ4v) is 1.08. The van der Waals surface area contributed by atoms with Gasteiger partial charge in [-0.15, -0.1) is 0 Å². The van der Waals surface area contributed by atoms with E-state index in [0.29, 0.717) is 0 Å². The smallest absolute Gasteiger partial charge is 0.241 e. The topological polar surface area (TPSA) is 55.1 Å². The second kappa shape index (κ2) is 4.89. The summed E-state index contributed by atoms with van der Waals surface area (Å²) in [4.78, 5) is 11.5. The monoisotopic (exact) mass is 210 g/mol. The molecule has 0 bridgehead atoms. The Morgan fingerprint density at radius 2 is 2.00 bits per heavy atom. The molecule has 82 valence electrons. The summed E-state index contributed by atoms with van der Waals surface area (Å²) in [5, 5.41) is 2.45. The Labute approximate surface area is 88.5 Å². The fraction of sp³-hybridized carbons (Fsp3) is 0.364. The third-order valence-corrected chi connectivity index (χ3v) is 2.15. The standard InChI is InChI=1S/C11H15FN2O/c1-7(2)10(13)11(15)14-9-6-4-3-5-8(9)12/h3-7,10H,13H2,1-2H3,(H,14,15)/t10-/m0/s1. The lowest BCUT2D eigenvalue weighted by Crippen LogP contribution is -2.39. The molecule has 15 heavy (non-hydrogen) atoms. The number of benzene rings is 1. The highest BCUT2D eigenvalue weighted by atomic mass is 19.1. The second-order valence-electron chi connectivity index (χ2n) is 3.74. The van der Waals surface area contributed by atoms with Gasteiger partial charge in [0.1, 0.15) is 5.82 Å². The minimum atomic E-state index is -0.621. The maximum Gasteiger partial charge on any atom is 0.241 e. The van der Waals surface area contributed by atoms with Crippen LogP contribution >= 0.6 is 0 Å². The quantitative estimate of drug-likeness (QED) is 0.798. The van der Waals surface area contributed by atoms with E-state index in [4.69, 9.17) is 5.73 Å². The molecule has 0 spiro atoms. The third kappa shape index (κ3) is 3.02. The number of rotatable bonds is 3. The van der Waals surface area contributed by atoms with Crippen LogP contribution in [-0.4, -0.2) is 11.9 Å². The number of nitrogens with two attached hydrogens (primary N) is 1. The first-order valence-corrected chi connectivity index (χ1v) is 4.83. The highest BCUT2D eigenvalue weighted by Gasteiger charge is 2.17. The highest BCUT2D eigenvalue weighted by Crippen LogP contribution is 2.13. The van der Waals surface area contributed by atoms with Crippen LogP contribution in [0.5, 0.6) is 0 Å². The maximum atomic E-state index is 13.2. The van der Waals surface area contributed by atoms with Gasteiger partial charge >= 0.3 is 0 Å². The fourth-order valence-electron chi connectivity index (χ4n) is 1.08. The third-order valence-electron chi connectivity index (χ3n) is 2.15. The van der Waals surface area contributed by atoms with Gasteiger partial charge in [-0.2, -0.15) is 0 Å². The van der Waals surface area contributed by atoms with E-state index in [1.54, 1.807) is 12.1 Å². The van der Waals surface area contributed by atoms with E-state index in [1.807, 2.05) is 13.8 Å². The Balaban J connectivity index is 2.71. The van der Waals surface area contributed by atoms with Gasteiger partial charge < -0.3 is 11.1 Å². The molecule has 1 aromatic rings. The van der Waals surface area contributed by atoms with E-state index in [0.717, 1.165) is 0 Å². The predicted octanol–water partition coefficient (Wildman–Crippen LogP) is 1.75. The van der Waals surface area contributed by atoms with Crippen molar-refractivity contribution in [3.8, 4) is 0 Å². The van der Waals surface area contributed by atoms with Gasteiger partial charge in [-0.25, -0.2) is 4.39 Å². The number of carbonyl (C=O) groups is 1. The van der Waals surface area contributed by atoms with Crippen molar-refractivity contribution in [1.82, 2.24) is 0 Å². The van der Waals surface area contributed by atoms with Gasteiger partial charge in [0.15, 0.2) is 0 Å². The lowest BCUT2D eigenvalue weighted by Gasteiger charge is -2.15. The molecular weight excluding hydrogens is 195 g/mol. The van der Waals surface area contributed by atoms with E-state index in [-0.39, 0.29) is 17.5 Å². The van der Waals surface area contributed by atoms with E-state index < -0.39 is 11.9 Å². The van der Waals surface area contributed by atoms with E-state index in [1.165, 1.54) is 12.1 Å². The summed E-state index contributed by atoms with van der Waals surface area (Å²) >= 11 is 0. The first kappa shape index (κ1) is 11.7. The van der Waals surface area contributed by atoms with Crippen LogP contribution in [0.15, 0.2) is 24.3 Å². The summed E-state index contributed by atoms with van der Waals surface area (Å²) in [5.74, 6) is -0.798. The predicted molar refractivity (Wildman–Crippen MR) is 57.8 cm³/mol. The first-order chi connectivity index (χ1) is 7.02. The molecule has 0 unspecified atom stereocenters. The van der Waals surface area contributed by atoms with E-state index in [2.05, 4.69) is 5.32 Å². The zero-order chi connectivity index (χ0) is 11.4. The van der Waals surface area contributed by atoms with Crippen LogP contribution in [0.2, 0.25) is 0 Å². The Morgan fingerprint density at radius 3 is 2.53 bits per heavy atom. The Morgan fingerprint density at radius 1 is 1.40 bits per heavy atom. The molecule has 3 nitrogen and oxygen atoms in total. The Kier molecular flexibility index (Phi) is 3.80. The van der Waals surface area contributed by atoms with E-state index in [9.17, 15) is 9.18 Å². The number of amides is 1. The van der Waals surface area contributed by atoms with Crippen LogP contribution in [0.4, 0.5) is 10.1 Å². The second-order valence-corrected chi connectivity index (χ2v) is 3.74. The molecule has 0 heterocycles. The number of carbonyl (C=O) groups excluding carboxylic acids is 1. The number of hydrogen-bond donors (Lipinski definition) is 2. The minimum absolute atomic E-state index is 0.0248. The molecule has 0 saturated carbocycles. The molecule has 0 aliphatic heterocycles. The zero-order valence-corrected chi connectivity index (χ0v) is 8.83. The van der Waals surface area contributed by atoms with Gasteiger partial charge in [0.2, 0.25) is 5.91 Å². The van der Waals surface area contributed by atoms with Gasteiger partial charge in [0.05, 0.1) is 11.7 Å². The van der Waals surface area contributed by atoms with Crippen LogP contribution < -0.4 is 11.1 Å². The summed E-state index contributed by atoms with van der Waals surface area (Å²) in [6.45, 7) is 3.68. The van der Waals surface area contributed by atoms with Crippen molar-refractivity contribution in [2.24, 2.45) is 11.7 Å². The van der Waals surface area contributed by atoms with Crippen molar-refractivity contribution in [1.29, 1.82) is 0 Å². The average Bonchev–Trinajstić information content (AvgIpc) is 2.20. The summed E-state index contributed by atoms with van der Waals surface area (Å²) < 4.78 is 13.2. The number of para-hydroxylation sites is 1. The molecule has 1 aromatic carbocycles. The highest BCUT2D eigenvalue weighted by molar-refractivity contribution is 5.94. The van der Waals surface area contributed by atoms with Crippen LogP contribution in [-0.2, 0) is 4.79 Å². The summed E-state index contributed by atoms with van der Waals surface area (Å²) in [6.07, 6.45) is 0. The molecule has 0 aromatic heterocycles. The number of anilines is 1. The zero-order valence-electron chi connectivity index (χ0n) is 8.83. The molecular formula is C11H15FN2O. The minimum Gasteiger partial charge on any atom is -0.322 e. The lowest BCUT2D eigenvalue weighted by molar-refractivity contribution is -0.118. The largest absolute Gasteiger partial charge is 0.322 e. The summed E-state index contributed by atoms with van der Waals surface area (Å²) in [7, 11) is 0. The maximum absolute atomic E-state index is 13.2. The molecule has 0 radical (unpaired) electrons. The van der Waals surface area contributed by atoms with Crippen molar-refractivity contribution in [3.63, 3.8) is 0 Å². The van der Waals surface area contributed by atoms with Gasteiger partial charge in [-0.05, 0) is 18.1 Å². The van der Waals surface area contributed by atoms with Crippen molar-refractivity contribution in [2.75, 3.05) is 5.32 Å². The average molecular weight is 210 g/mol. The normalized spacial score (nSPS) is 12.6. The molecule has 4 heteroatoms. The van der Waals surface area contributed by atoms with Crippen LogP contribution in [0.1, 0.15) is 13.8 Å². The molecule has 1 rings (SSSR count). The lowest BCUT2D eigenvalue weighted by atomic mass is 10.0. The molecule has 1 atom stereocenters. The molecule has 1 amide bonds. The number of hydrogen-bond acceptors (Lipinski definition) is 2. The molecule has 0 fully saturated rings. The number of nitrogens with one attached hydrogen (secondary N) is 1. The first-order valence-electron chi connectivity index (χ1n) is 4.83. The van der Waals surface area contributed by atoms with Gasteiger partial charge in [-0.3, -0.25) is 4.79 Å². The summed E-state index contributed by atoms with van der Waals surface area (Å²) in [5.41, 5.74) is 5.79. The molecule has 3 N–H and O–H groups in total. The van der Waals surface area contributed by atoms with Crippen molar-refractivity contribution >= 4 is 11.6 Å².